The first-order valence-corrected chi connectivity index (χ1v) is 28.5. The number of benzene rings is 4. The van der Waals surface area contributed by atoms with Crippen LogP contribution in [-0.4, -0.2) is 5.43 Å². The van der Waals surface area contributed by atoms with Crippen LogP contribution in [0.15, 0.2) is 109 Å². The molecule has 58 heavy (non-hydrogen) atoms. The summed E-state index contributed by atoms with van der Waals surface area (Å²) in [5.41, 5.74) is 13.0. The Bertz CT molecular complexity index is 2080. The van der Waals surface area contributed by atoms with E-state index < -0.39 is 0 Å². The molecule has 0 aliphatic heterocycles. The Labute approximate surface area is 378 Å². The molecule has 0 saturated heterocycles. The minimum absolute atomic E-state index is 0. The number of aryl methyl sites for hydroxylation is 2. The van der Waals surface area contributed by atoms with Crippen LogP contribution >= 0.6 is 0 Å². The van der Waals surface area contributed by atoms with E-state index in [1.807, 2.05) is 0 Å². The molecular weight excluding hydrogens is 839 g/mol. The summed E-state index contributed by atoms with van der Waals surface area (Å²) in [6.45, 7) is 9.11. The van der Waals surface area contributed by atoms with Gasteiger partial charge >= 0.3 is 41.9 Å². The Morgan fingerprint density at radius 3 is 1.24 bits per heavy atom. The maximum Gasteiger partial charge on any atom is -1.00 e. The van der Waals surface area contributed by atoms with Crippen molar-refractivity contribution in [3.8, 4) is 22.3 Å². The van der Waals surface area contributed by atoms with E-state index >= 15 is 0 Å². The molecule has 4 aliphatic carbocycles. The van der Waals surface area contributed by atoms with E-state index in [1.165, 1.54) is 158 Å². The fourth-order valence-electron chi connectivity index (χ4n) is 11.6. The van der Waals surface area contributed by atoms with E-state index in [0.717, 1.165) is 11.8 Å². The van der Waals surface area contributed by atoms with E-state index in [4.69, 9.17) is 0 Å². The SMILES string of the molecule is CCCc1ccc(-c2cccc3[cH-]c(CC45CCC(CC4)C5)cc23)cc1.CCCc1ccc(-c2cccc3[cH-]c(CC45CCC(CC4)C5)cc23)cc1.C[Si](C)=[Zr+2].[Cl-].[Cl-]. The van der Waals surface area contributed by atoms with Crippen LogP contribution < -0.4 is 24.8 Å². The Morgan fingerprint density at radius 2 is 0.931 bits per heavy atom. The predicted octanol–water partition coefficient (Wildman–Crippen LogP) is 9.39. The fraction of sp³-hybridized carbons (Fsp3) is 0.444. The summed E-state index contributed by atoms with van der Waals surface area (Å²) in [6, 6.07) is 42.0. The van der Waals surface area contributed by atoms with Crippen molar-refractivity contribution in [2.45, 2.75) is 130 Å². The first kappa shape index (κ1) is 45.3. The van der Waals surface area contributed by atoms with Crippen molar-refractivity contribution in [3.63, 3.8) is 0 Å². The predicted molar refractivity (Wildman–Crippen MR) is 241 cm³/mol. The minimum atomic E-state index is 0. The average molecular weight is 903 g/mol. The van der Waals surface area contributed by atoms with Crippen molar-refractivity contribution in [2.24, 2.45) is 22.7 Å². The third kappa shape index (κ3) is 10.4. The molecule has 6 aromatic carbocycles. The van der Waals surface area contributed by atoms with Gasteiger partial charge in [-0.25, -0.2) is 0 Å². The Kier molecular flexibility index (Phi) is 15.7. The zero-order valence-electron chi connectivity index (χ0n) is 35.6. The molecule has 304 valence electrons. The summed E-state index contributed by atoms with van der Waals surface area (Å²) in [4.78, 5) is 0. The third-order valence-corrected chi connectivity index (χ3v) is 14.2. The first-order valence-electron chi connectivity index (χ1n) is 22.3. The first-order chi connectivity index (χ1) is 27.2. The van der Waals surface area contributed by atoms with Crippen LogP contribution in [0.1, 0.15) is 113 Å². The molecule has 0 unspecified atom stereocenters. The molecule has 4 saturated carbocycles. The van der Waals surface area contributed by atoms with Gasteiger partial charge in [0, 0.05) is 0 Å². The number of rotatable bonds is 10. The van der Waals surface area contributed by atoms with Gasteiger partial charge in [-0.1, -0.05) is 98.5 Å². The van der Waals surface area contributed by atoms with E-state index in [0.29, 0.717) is 10.8 Å². The van der Waals surface area contributed by atoms with Crippen LogP contribution in [0.25, 0.3) is 43.8 Å². The van der Waals surface area contributed by atoms with Gasteiger partial charge in [0.2, 0.25) is 0 Å². The van der Waals surface area contributed by atoms with Crippen LogP contribution in [0, 0.1) is 22.7 Å². The van der Waals surface area contributed by atoms with Crippen LogP contribution in [0.2, 0.25) is 13.1 Å². The van der Waals surface area contributed by atoms with Gasteiger partial charge in [0.15, 0.2) is 0 Å². The molecule has 0 nitrogen and oxygen atoms in total. The van der Waals surface area contributed by atoms with Crippen molar-refractivity contribution < 1.29 is 48.1 Å². The summed E-state index contributed by atoms with van der Waals surface area (Å²) in [5, 5.41) is 5.71. The van der Waals surface area contributed by atoms with Crippen molar-refractivity contribution in [1.82, 2.24) is 0 Å². The van der Waals surface area contributed by atoms with Crippen molar-refractivity contribution >= 4 is 27.0 Å². The van der Waals surface area contributed by atoms with Crippen molar-refractivity contribution in [2.75, 3.05) is 0 Å². The fourth-order valence-corrected chi connectivity index (χ4v) is 11.6. The smallest absolute Gasteiger partial charge is 1.00 e. The van der Waals surface area contributed by atoms with Crippen LogP contribution in [-0.2, 0) is 49.0 Å². The van der Waals surface area contributed by atoms with E-state index in [9.17, 15) is 0 Å². The molecule has 0 heterocycles. The van der Waals surface area contributed by atoms with Gasteiger partial charge in [0.05, 0.1) is 0 Å². The Balaban J connectivity index is 0.000000174. The molecule has 0 aromatic heterocycles. The largest absolute Gasteiger partial charge is 1.00 e. The van der Waals surface area contributed by atoms with Gasteiger partial charge < -0.3 is 24.8 Å². The minimum Gasteiger partial charge on any atom is -1.00 e. The summed E-state index contributed by atoms with van der Waals surface area (Å²) in [7, 11) is 0. The van der Waals surface area contributed by atoms with Gasteiger partial charge in [-0.15, -0.1) is 69.1 Å². The van der Waals surface area contributed by atoms with Crippen molar-refractivity contribution in [1.29, 1.82) is 0 Å². The second-order valence-electron chi connectivity index (χ2n) is 18.9. The summed E-state index contributed by atoms with van der Waals surface area (Å²) in [5.74, 6) is 2.08. The molecular formula is C54H64Cl2SiZr-2. The molecule has 0 N–H and O–H groups in total. The van der Waals surface area contributed by atoms with Crippen LogP contribution in [0.4, 0.5) is 0 Å². The summed E-state index contributed by atoms with van der Waals surface area (Å²) >= 11 is 1.74. The molecule has 4 aliphatic rings. The molecule has 4 fully saturated rings. The van der Waals surface area contributed by atoms with Crippen molar-refractivity contribution in [3.05, 3.63) is 131 Å². The monoisotopic (exact) mass is 900 g/mol. The molecule has 0 radical (unpaired) electrons. The van der Waals surface area contributed by atoms with Crippen LogP contribution in [0.3, 0.4) is 0 Å². The van der Waals surface area contributed by atoms with Gasteiger partial charge in [-0.05, 0) is 135 Å². The Hall–Kier alpha value is -2.22. The van der Waals surface area contributed by atoms with Gasteiger partial charge in [-0.2, -0.15) is 12.1 Å². The second-order valence-corrected chi connectivity index (χ2v) is 28.3. The topological polar surface area (TPSA) is 0 Å². The molecule has 0 atom stereocenters. The molecule has 4 bridgehead atoms. The molecule has 4 heteroatoms. The van der Waals surface area contributed by atoms with Gasteiger partial charge in [-0.3, -0.25) is 0 Å². The average Bonchev–Trinajstić information content (AvgIpc) is 4.06. The van der Waals surface area contributed by atoms with Gasteiger partial charge in [0.1, 0.15) is 0 Å². The van der Waals surface area contributed by atoms with Gasteiger partial charge in [0.25, 0.3) is 0 Å². The standard InChI is InChI=1S/2C26H29.C2H6Si.2ClH.Zr/c2*1-2-4-19-7-9-22(10-8-19)24-6-3-5-23-15-21(16-25(23)24)18-26-13-11-20(17-26)12-14-26;1-3-2;;;/h2*3,5-10,15-16,20H,2,4,11-14,17-18H2,1H3;1-2H3;2*1H;/q2*-1;;;;+2/p-2. The summed E-state index contributed by atoms with van der Waals surface area (Å²) < 4.78 is 0. The molecule has 0 spiro atoms. The second kappa shape index (κ2) is 20.1. The van der Waals surface area contributed by atoms with E-state index in [-0.39, 0.29) is 30.2 Å². The quantitative estimate of drug-likeness (QED) is 0.0951. The molecule has 10 rings (SSSR count). The number of hydrogen-bond donors (Lipinski definition) is 0. The normalized spacial score (nSPS) is 22.5. The van der Waals surface area contributed by atoms with E-state index in [1.54, 1.807) is 34.5 Å². The summed E-state index contributed by atoms with van der Waals surface area (Å²) in [6.07, 6.45) is 22.1. The zero-order valence-corrected chi connectivity index (χ0v) is 40.6. The maximum absolute atomic E-state index is 2.49. The molecule has 0 amide bonds. The number of hydrogen-bond acceptors (Lipinski definition) is 0. The van der Waals surface area contributed by atoms with E-state index in [2.05, 4.69) is 136 Å². The van der Waals surface area contributed by atoms with Crippen LogP contribution in [0.5, 0.6) is 0 Å². The Morgan fingerprint density at radius 1 is 0.569 bits per heavy atom. The number of fused-ring (bicyclic) bond motifs is 6. The zero-order chi connectivity index (χ0) is 38.7. The molecule has 6 aromatic rings. The third-order valence-electron chi connectivity index (χ3n) is 14.2. The number of halogens is 2. The maximum atomic E-state index is 2.49.